The van der Waals surface area contributed by atoms with Gasteiger partial charge < -0.3 is 9.84 Å². The largest absolute Gasteiger partial charge is 0.497 e. The summed E-state index contributed by atoms with van der Waals surface area (Å²) in [5, 5.41) is 8.73. The summed E-state index contributed by atoms with van der Waals surface area (Å²) in [6, 6.07) is 5.82. The molecule has 0 aliphatic heterocycles. The van der Waals surface area contributed by atoms with Gasteiger partial charge in [0, 0.05) is 6.04 Å². The number of nitrogens with zero attached hydrogens (tertiary/aromatic N) is 1. The van der Waals surface area contributed by atoms with Crippen LogP contribution in [-0.2, 0) is 4.79 Å². The maximum Gasteiger partial charge on any atom is 0.401 e. The zero-order valence-electron chi connectivity index (χ0n) is 11.1. The van der Waals surface area contributed by atoms with E-state index in [9.17, 15) is 18.0 Å². The van der Waals surface area contributed by atoms with Crippen LogP contribution in [0.1, 0.15) is 18.5 Å². The van der Waals surface area contributed by atoms with Crippen molar-refractivity contribution in [1.82, 2.24) is 4.90 Å². The Kier molecular flexibility index (Phi) is 5.38. The van der Waals surface area contributed by atoms with Crippen molar-refractivity contribution >= 4 is 5.97 Å². The minimum Gasteiger partial charge on any atom is -0.497 e. The molecule has 1 aromatic carbocycles. The number of alkyl halides is 3. The monoisotopic (exact) mass is 291 g/mol. The van der Waals surface area contributed by atoms with E-state index in [1.54, 1.807) is 24.3 Å². The fraction of sp³-hybridized carbons (Fsp3) is 0.462. The van der Waals surface area contributed by atoms with E-state index in [1.807, 2.05) is 0 Å². The van der Waals surface area contributed by atoms with Crippen molar-refractivity contribution in [2.75, 3.05) is 20.2 Å². The number of carboxylic acids is 1. The molecule has 112 valence electrons. The van der Waals surface area contributed by atoms with E-state index in [0.717, 1.165) is 4.90 Å². The number of rotatable bonds is 6. The molecule has 1 N–H and O–H groups in total. The van der Waals surface area contributed by atoms with Crippen LogP contribution in [0.3, 0.4) is 0 Å². The van der Waals surface area contributed by atoms with Crippen molar-refractivity contribution < 1.29 is 27.8 Å². The molecule has 0 aliphatic rings. The summed E-state index contributed by atoms with van der Waals surface area (Å²) in [7, 11) is 1.48. The van der Waals surface area contributed by atoms with Gasteiger partial charge in [-0.25, -0.2) is 0 Å². The van der Waals surface area contributed by atoms with Crippen LogP contribution in [0.25, 0.3) is 0 Å². The van der Waals surface area contributed by atoms with Crippen molar-refractivity contribution in [3.63, 3.8) is 0 Å². The molecule has 0 heterocycles. The maximum atomic E-state index is 12.5. The van der Waals surface area contributed by atoms with Gasteiger partial charge in [-0.1, -0.05) is 12.1 Å². The number of aliphatic carboxylic acids is 1. The third-order valence-corrected chi connectivity index (χ3v) is 2.87. The molecule has 1 unspecified atom stereocenters. The van der Waals surface area contributed by atoms with E-state index in [4.69, 9.17) is 9.84 Å². The highest BCUT2D eigenvalue weighted by Gasteiger charge is 2.34. The number of hydrogen-bond acceptors (Lipinski definition) is 3. The Morgan fingerprint density at radius 1 is 1.35 bits per heavy atom. The van der Waals surface area contributed by atoms with Gasteiger partial charge in [0.2, 0.25) is 0 Å². The average Bonchev–Trinajstić information content (AvgIpc) is 2.35. The Labute approximate surface area is 114 Å². The highest BCUT2D eigenvalue weighted by Crippen LogP contribution is 2.26. The van der Waals surface area contributed by atoms with Crippen LogP contribution in [0, 0.1) is 0 Å². The highest BCUT2D eigenvalue weighted by atomic mass is 19.4. The Morgan fingerprint density at radius 2 is 1.90 bits per heavy atom. The second-order valence-electron chi connectivity index (χ2n) is 4.36. The first-order valence-electron chi connectivity index (χ1n) is 5.89. The SMILES string of the molecule is COc1ccc(C(C)N(CC(=O)O)CC(F)(F)F)cc1. The molecule has 1 atom stereocenters. The molecular formula is C13H16F3NO3. The van der Waals surface area contributed by atoms with E-state index in [-0.39, 0.29) is 0 Å². The van der Waals surface area contributed by atoms with Gasteiger partial charge in [0.05, 0.1) is 20.2 Å². The first kappa shape index (κ1) is 16.3. The summed E-state index contributed by atoms with van der Waals surface area (Å²) in [5.74, 6) is -0.712. The molecule has 0 aromatic heterocycles. The summed E-state index contributed by atoms with van der Waals surface area (Å²) >= 11 is 0. The van der Waals surface area contributed by atoms with Crippen LogP contribution < -0.4 is 4.74 Å². The zero-order chi connectivity index (χ0) is 15.3. The number of carboxylic acid groups (broad SMARTS) is 1. The molecule has 4 nitrogen and oxygen atoms in total. The van der Waals surface area contributed by atoms with Crippen molar-refractivity contribution in [2.24, 2.45) is 0 Å². The third-order valence-electron chi connectivity index (χ3n) is 2.87. The van der Waals surface area contributed by atoms with Crippen LogP contribution in [0.15, 0.2) is 24.3 Å². The first-order chi connectivity index (χ1) is 9.23. The molecule has 1 aromatic rings. The maximum absolute atomic E-state index is 12.5. The van der Waals surface area contributed by atoms with Crippen molar-refractivity contribution in [3.05, 3.63) is 29.8 Å². The molecule has 7 heteroatoms. The molecule has 0 radical (unpaired) electrons. The summed E-state index contributed by atoms with van der Waals surface area (Å²) < 4.78 is 42.5. The minimum absolute atomic E-state index is 0.585. The van der Waals surface area contributed by atoms with Crippen molar-refractivity contribution in [3.8, 4) is 5.75 Å². The molecule has 0 aliphatic carbocycles. The van der Waals surface area contributed by atoms with Gasteiger partial charge in [-0.3, -0.25) is 9.69 Å². The second kappa shape index (κ2) is 6.60. The number of hydrogen-bond donors (Lipinski definition) is 1. The Bertz CT molecular complexity index is 445. The van der Waals surface area contributed by atoms with E-state index in [0.29, 0.717) is 11.3 Å². The smallest absolute Gasteiger partial charge is 0.401 e. The number of halogens is 3. The number of methoxy groups -OCH3 is 1. The van der Waals surface area contributed by atoms with Crippen LogP contribution in [0.4, 0.5) is 13.2 Å². The van der Waals surface area contributed by atoms with E-state index in [2.05, 4.69) is 0 Å². The zero-order valence-corrected chi connectivity index (χ0v) is 11.1. The normalized spacial score (nSPS) is 13.3. The predicted molar refractivity (Wildman–Crippen MR) is 66.7 cm³/mol. The van der Waals surface area contributed by atoms with Crippen LogP contribution in [0.5, 0.6) is 5.75 Å². The molecule has 0 spiro atoms. The van der Waals surface area contributed by atoms with Crippen molar-refractivity contribution in [1.29, 1.82) is 0 Å². The summed E-state index contributed by atoms with van der Waals surface area (Å²) in [6.45, 7) is -0.407. The summed E-state index contributed by atoms with van der Waals surface area (Å²) in [5.41, 5.74) is 0.594. The van der Waals surface area contributed by atoms with Gasteiger partial charge >= 0.3 is 12.1 Å². The predicted octanol–water partition coefficient (Wildman–Crippen LogP) is 2.71. The fourth-order valence-electron chi connectivity index (χ4n) is 1.83. The lowest BCUT2D eigenvalue weighted by Gasteiger charge is -2.28. The second-order valence-corrected chi connectivity index (χ2v) is 4.36. The average molecular weight is 291 g/mol. The summed E-state index contributed by atoms with van der Waals surface area (Å²) in [6.07, 6.45) is -4.45. The molecule has 0 bridgehead atoms. The molecule has 1 rings (SSSR count). The van der Waals surface area contributed by atoms with E-state index >= 15 is 0 Å². The van der Waals surface area contributed by atoms with Gasteiger partial charge in [0.15, 0.2) is 0 Å². The van der Waals surface area contributed by atoms with Gasteiger partial charge in [0.1, 0.15) is 5.75 Å². The quantitative estimate of drug-likeness (QED) is 0.875. The molecule has 0 saturated heterocycles. The highest BCUT2D eigenvalue weighted by molar-refractivity contribution is 5.69. The number of ether oxygens (including phenoxy) is 1. The lowest BCUT2D eigenvalue weighted by atomic mass is 10.1. The molecule has 0 fully saturated rings. The minimum atomic E-state index is -4.45. The third kappa shape index (κ3) is 5.08. The number of benzene rings is 1. The molecule has 0 saturated carbocycles. The Morgan fingerprint density at radius 3 is 2.30 bits per heavy atom. The van der Waals surface area contributed by atoms with E-state index < -0.39 is 31.3 Å². The first-order valence-corrected chi connectivity index (χ1v) is 5.89. The molecule has 0 amide bonds. The molecular weight excluding hydrogens is 275 g/mol. The lowest BCUT2D eigenvalue weighted by Crippen LogP contribution is -2.39. The van der Waals surface area contributed by atoms with Gasteiger partial charge in [-0.15, -0.1) is 0 Å². The number of carbonyl (C=O) groups is 1. The Balaban J connectivity index is 2.90. The van der Waals surface area contributed by atoms with E-state index in [1.165, 1.54) is 14.0 Å². The standard InChI is InChI=1S/C13H16F3NO3/c1-9(10-3-5-11(20-2)6-4-10)17(7-12(18)19)8-13(14,15)16/h3-6,9H,7-8H2,1-2H3,(H,18,19). The molecule has 20 heavy (non-hydrogen) atoms. The Hall–Kier alpha value is -1.76. The lowest BCUT2D eigenvalue weighted by molar-refractivity contribution is -0.157. The van der Waals surface area contributed by atoms with Crippen LogP contribution in [-0.4, -0.2) is 42.4 Å². The van der Waals surface area contributed by atoms with Gasteiger partial charge in [-0.2, -0.15) is 13.2 Å². The topological polar surface area (TPSA) is 49.8 Å². The van der Waals surface area contributed by atoms with Crippen LogP contribution >= 0.6 is 0 Å². The fourth-order valence-corrected chi connectivity index (χ4v) is 1.83. The van der Waals surface area contributed by atoms with Gasteiger partial charge in [0.25, 0.3) is 0 Å². The summed E-state index contributed by atoms with van der Waals surface area (Å²) in [4.78, 5) is 11.6. The van der Waals surface area contributed by atoms with Crippen LogP contribution in [0.2, 0.25) is 0 Å². The van der Waals surface area contributed by atoms with Crippen molar-refractivity contribution in [2.45, 2.75) is 19.1 Å². The van der Waals surface area contributed by atoms with Gasteiger partial charge in [-0.05, 0) is 24.6 Å².